The van der Waals surface area contributed by atoms with Crippen LogP contribution in [0, 0.1) is 6.92 Å². The molecule has 0 amide bonds. The minimum absolute atomic E-state index is 0.0123. The summed E-state index contributed by atoms with van der Waals surface area (Å²) in [6, 6.07) is 14.7. The van der Waals surface area contributed by atoms with E-state index >= 15 is 0 Å². The van der Waals surface area contributed by atoms with E-state index in [4.69, 9.17) is 16.3 Å². The summed E-state index contributed by atoms with van der Waals surface area (Å²) in [5.41, 5.74) is 1.80. The molecule has 174 valence electrons. The van der Waals surface area contributed by atoms with E-state index in [0.29, 0.717) is 42.5 Å². The summed E-state index contributed by atoms with van der Waals surface area (Å²) in [5.74, 6) is 0.957. The average Bonchev–Trinajstić information content (AvgIpc) is 2.83. The molecule has 2 aromatic heterocycles. The molecule has 3 aromatic rings. The molecule has 0 unspecified atom stereocenters. The lowest BCUT2D eigenvalue weighted by atomic mass is 9.96. The number of ether oxygens (including phenoxy) is 1. The molecule has 33 heavy (non-hydrogen) atoms. The van der Waals surface area contributed by atoms with Crippen molar-refractivity contribution in [2.24, 2.45) is 0 Å². The number of anilines is 1. The quantitative estimate of drug-likeness (QED) is 0.572. The Labute approximate surface area is 198 Å². The first-order valence-electron chi connectivity index (χ1n) is 11.1. The number of hydrogen-bond donors (Lipinski definition) is 1. The molecule has 1 fully saturated rings. The molecule has 4 rings (SSSR count). The van der Waals surface area contributed by atoms with Gasteiger partial charge < -0.3 is 19.3 Å². The summed E-state index contributed by atoms with van der Waals surface area (Å²) >= 11 is 6.14. The Kier molecular flexibility index (Phi) is 7.33. The van der Waals surface area contributed by atoms with Crippen molar-refractivity contribution in [3.63, 3.8) is 0 Å². The van der Waals surface area contributed by atoms with Crippen molar-refractivity contribution in [2.45, 2.75) is 19.5 Å². The van der Waals surface area contributed by atoms with Gasteiger partial charge in [0.2, 0.25) is 0 Å². The number of halogens is 1. The number of rotatable bonds is 7. The molecule has 3 heterocycles. The molecule has 0 saturated carbocycles. The molecular weight excluding hydrogens is 440 g/mol. The number of methoxy groups -OCH3 is 1. The summed E-state index contributed by atoms with van der Waals surface area (Å²) in [7, 11) is 1.61. The van der Waals surface area contributed by atoms with Crippen molar-refractivity contribution < 1.29 is 9.84 Å². The number of piperazine rings is 1. The number of nitrogens with zero attached hydrogens (tertiary/aromatic N) is 4. The van der Waals surface area contributed by atoms with Gasteiger partial charge in [-0.2, -0.15) is 0 Å². The van der Waals surface area contributed by atoms with Crippen molar-refractivity contribution in [2.75, 3.05) is 44.8 Å². The highest BCUT2D eigenvalue weighted by molar-refractivity contribution is 6.30. The van der Waals surface area contributed by atoms with Crippen molar-refractivity contribution in [1.29, 1.82) is 0 Å². The normalized spacial score (nSPS) is 15.5. The molecule has 1 aliphatic rings. The van der Waals surface area contributed by atoms with E-state index in [2.05, 4.69) is 14.8 Å². The van der Waals surface area contributed by atoms with E-state index in [1.165, 1.54) is 0 Å². The Morgan fingerprint density at radius 3 is 2.48 bits per heavy atom. The average molecular weight is 469 g/mol. The SMILES string of the molecule is COCCn1c(C)cc(O)c([C@@H](c2ccc(Cl)cc2)N2CCN(c3ccccn3)CC2)c1=O. The zero-order valence-electron chi connectivity index (χ0n) is 18.9. The molecule has 1 aromatic carbocycles. The van der Waals surface area contributed by atoms with Crippen LogP contribution in [0.3, 0.4) is 0 Å². The Balaban J connectivity index is 1.72. The van der Waals surface area contributed by atoms with Gasteiger partial charge in [0.1, 0.15) is 11.6 Å². The summed E-state index contributed by atoms with van der Waals surface area (Å²) < 4.78 is 6.87. The van der Waals surface area contributed by atoms with E-state index in [0.717, 1.165) is 24.5 Å². The lowest BCUT2D eigenvalue weighted by molar-refractivity contribution is 0.183. The van der Waals surface area contributed by atoms with Gasteiger partial charge in [-0.1, -0.05) is 29.8 Å². The van der Waals surface area contributed by atoms with Crippen LogP contribution >= 0.6 is 11.6 Å². The first-order chi connectivity index (χ1) is 16.0. The molecule has 1 atom stereocenters. The highest BCUT2D eigenvalue weighted by atomic mass is 35.5. The third-order valence-electron chi connectivity index (χ3n) is 6.15. The number of hydrogen-bond acceptors (Lipinski definition) is 6. The molecule has 1 saturated heterocycles. The molecule has 1 N–H and O–H groups in total. The van der Waals surface area contributed by atoms with Crippen LogP contribution in [0.25, 0.3) is 0 Å². The van der Waals surface area contributed by atoms with Gasteiger partial charge in [-0.15, -0.1) is 0 Å². The van der Waals surface area contributed by atoms with Crippen LogP contribution in [-0.4, -0.2) is 59.5 Å². The number of aromatic nitrogens is 2. The lowest BCUT2D eigenvalue weighted by Gasteiger charge is -2.40. The van der Waals surface area contributed by atoms with Crippen LogP contribution in [0.1, 0.15) is 22.9 Å². The predicted molar refractivity (Wildman–Crippen MR) is 130 cm³/mol. The second-order valence-electron chi connectivity index (χ2n) is 8.20. The van der Waals surface area contributed by atoms with Crippen LogP contribution < -0.4 is 10.5 Å². The van der Waals surface area contributed by atoms with Gasteiger partial charge in [0.25, 0.3) is 5.56 Å². The van der Waals surface area contributed by atoms with Gasteiger partial charge in [0, 0.05) is 56.7 Å². The predicted octanol–water partition coefficient (Wildman–Crippen LogP) is 3.47. The molecule has 0 aliphatic carbocycles. The Morgan fingerprint density at radius 2 is 1.85 bits per heavy atom. The topological polar surface area (TPSA) is 70.8 Å². The Bertz CT molecular complexity index is 1130. The van der Waals surface area contributed by atoms with Crippen molar-refractivity contribution in [3.8, 4) is 5.75 Å². The van der Waals surface area contributed by atoms with Crippen LogP contribution in [0.4, 0.5) is 5.82 Å². The maximum atomic E-state index is 13.6. The van der Waals surface area contributed by atoms with E-state index in [-0.39, 0.29) is 11.3 Å². The minimum atomic E-state index is -0.393. The summed E-state index contributed by atoms with van der Waals surface area (Å²) in [5, 5.41) is 11.6. The molecule has 7 nitrogen and oxygen atoms in total. The fraction of sp³-hybridized carbons (Fsp3) is 0.360. The zero-order chi connectivity index (χ0) is 23.4. The molecule has 1 aliphatic heterocycles. The zero-order valence-corrected chi connectivity index (χ0v) is 19.7. The fourth-order valence-electron chi connectivity index (χ4n) is 4.44. The summed E-state index contributed by atoms with van der Waals surface area (Å²) in [4.78, 5) is 22.5. The van der Waals surface area contributed by atoms with Crippen molar-refractivity contribution >= 4 is 17.4 Å². The van der Waals surface area contributed by atoms with E-state index in [9.17, 15) is 9.90 Å². The van der Waals surface area contributed by atoms with Gasteiger partial charge >= 0.3 is 0 Å². The number of pyridine rings is 2. The second-order valence-corrected chi connectivity index (χ2v) is 8.64. The highest BCUT2D eigenvalue weighted by Gasteiger charge is 2.31. The molecule has 8 heteroatoms. The largest absolute Gasteiger partial charge is 0.507 e. The number of aromatic hydroxyl groups is 1. The first-order valence-corrected chi connectivity index (χ1v) is 11.4. The first kappa shape index (κ1) is 23.3. The smallest absolute Gasteiger partial charge is 0.259 e. The maximum absolute atomic E-state index is 13.6. The Hall–Kier alpha value is -2.87. The summed E-state index contributed by atoms with van der Waals surface area (Å²) in [6.07, 6.45) is 1.80. The van der Waals surface area contributed by atoms with E-state index < -0.39 is 6.04 Å². The van der Waals surface area contributed by atoms with Crippen molar-refractivity contribution in [3.05, 3.63) is 86.9 Å². The van der Waals surface area contributed by atoms with Crippen LogP contribution in [0.2, 0.25) is 5.02 Å². The van der Waals surface area contributed by atoms with Crippen LogP contribution in [0.5, 0.6) is 5.75 Å². The van der Waals surface area contributed by atoms with Crippen molar-refractivity contribution in [1.82, 2.24) is 14.5 Å². The third kappa shape index (κ3) is 5.05. The fourth-order valence-corrected chi connectivity index (χ4v) is 4.57. The molecule has 0 radical (unpaired) electrons. The molecular formula is C25H29ClN4O3. The van der Waals surface area contributed by atoms with E-state index in [1.807, 2.05) is 49.4 Å². The lowest BCUT2D eigenvalue weighted by Crippen LogP contribution is -2.49. The third-order valence-corrected chi connectivity index (χ3v) is 6.41. The van der Waals surface area contributed by atoms with Gasteiger partial charge in [-0.3, -0.25) is 9.69 Å². The van der Waals surface area contributed by atoms with Gasteiger partial charge in [-0.25, -0.2) is 4.98 Å². The van der Waals surface area contributed by atoms with Gasteiger partial charge in [0.05, 0.1) is 18.2 Å². The monoisotopic (exact) mass is 468 g/mol. The molecule has 0 bridgehead atoms. The Morgan fingerprint density at radius 1 is 1.12 bits per heavy atom. The number of benzene rings is 1. The van der Waals surface area contributed by atoms with Crippen LogP contribution in [-0.2, 0) is 11.3 Å². The van der Waals surface area contributed by atoms with E-state index in [1.54, 1.807) is 23.9 Å². The van der Waals surface area contributed by atoms with Crippen LogP contribution in [0.15, 0.2) is 59.5 Å². The van der Waals surface area contributed by atoms with Gasteiger partial charge in [-0.05, 0) is 42.8 Å². The van der Waals surface area contributed by atoms with Gasteiger partial charge in [0.15, 0.2) is 0 Å². The second kappa shape index (κ2) is 10.4. The molecule has 0 spiro atoms. The minimum Gasteiger partial charge on any atom is -0.507 e. The highest BCUT2D eigenvalue weighted by Crippen LogP contribution is 2.34. The number of aryl methyl sites for hydroxylation is 1. The summed E-state index contributed by atoms with van der Waals surface area (Å²) in [6.45, 7) is 5.64. The standard InChI is InChI=1S/C25H29ClN4O3/c1-18-17-21(31)23(25(32)30(18)15-16-33-2)24(19-6-8-20(26)9-7-19)29-13-11-28(12-14-29)22-5-3-4-10-27-22/h3-10,17,24,31H,11-16H2,1-2H3/t24-/m1/s1. The maximum Gasteiger partial charge on any atom is 0.259 e.